The van der Waals surface area contributed by atoms with Gasteiger partial charge in [-0.05, 0) is 31.2 Å². The number of carbonyl (C=O) groups is 1. The van der Waals surface area contributed by atoms with Gasteiger partial charge >= 0.3 is 0 Å². The van der Waals surface area contributed by atoms with Crippen molar-refractivity contribution in [3.05, 3.63) is 72.6 Å². The summed E-state index contributed by atoms with van der Waals surface area (Å²) in [5, 5.41) is 0. The Balaban J connectivity index is 0.00000132. The molecule has 4 aromatic rings. The molecule has 0 aliphatic carbocycles. The number of nitrogens with zero attached hydrogens (tertiary/aromatic N) is 6. The fourth-order valence-corrected chi connectivity index (χ4v) is 3.10. The smallest absolute Gasteiger partial charge is 0.278 e. The molecule has 4 rings (SSSR count). The molecule has 7 nitrogen and oxygen atoms in total. The standard InChI is InChI=1S/C22H22N6O.C2H6/c1-15-8-9-18(11-23-15)27(4)22(29)19-14-28-20(12-25-21(28)13-24-19)16-6-5-7-17(10-16)26(2)3;1-2/h5-14H,1-4H3;1-2H3. The molecule has 0 aliphatic rings. The zero-order chi connectivity index (χ0) is 22.5. The maximum atomic E-state index is 13.0. The molecule has 0 unspecified atom stereocenters. The fourth-order valence-electron chi connectivity index (χ4n) is 3.10. The van der Waals surface area contributed by atoms with Crippen LogP contribution >= 0.6 is 0 Å². The highest BCUT2D eigenvalue weighted by molar-refractivity contribution is 6.04. The average molecular weight is 417 g/mol. The molecule has 0 saturated heterocycles. The Morgan fingerprint density at radius 3 is 2.35 bits per heavy atom. The summed E-state index contributed by atoms with van der Waals surface area (Å²) in [5.41, 5.74) is 5.65. The number of rotatable bonds is 4. The zero-order valence-electron chi connectivity index (χ0n) is 18.9. The highest BCUT2D eigenvalue weighted by Gasteiger charge is 2.17. The third kappa shape index (κ3) is 4.55. The van der Waals surface area contributed by atoms with E-state index in [4.69, 9.17) is 0 Å². The average Bonchev–Trinajstić information content (AvgIpc) is 3.23. The minimum atomic E-state index is -0.209. The van der Waals surface area contributed by atoms with E-state index in [1.54, 1.807) is 36.7 Å². The van der Waals surface area contributed by atoms with Crippen LogP contribution in [-0.4, -0.2) is 46.4 Å². The van der Waals surface area contributed by atoms with Crippen LogP contribution in [0.5, 0.6) is 0 Å². The first-order valence-corrected chi connectivity index (χ1v) is 10.3. The minimum absolute atomic E-state index is 0.209. The number of amides is 1. The van der Waals surface area contributed by atoms with Crippen LogP contribution in [0.15, 0.2) is 61.2 Å². The number of benzene rings is 1. The van der Waals surface area contributed by atoms with E-state index in [1.165, 1.54) is 0 Å². The summed E-state index contributed by atoms with van der Waals surface area (Å²) in [6.07, 6.45) is 6.84. The monoisotopic (exact) mass is 416 g/mol. The molecule has 0 fully saturated rings. The molecule has 31 heavy (non-hydrogen) atoms. The van der Waals surface area contributed by atoms with E-state index >= 15 is 0 Å². The lowest BCUT2D eigenvalue weighted by atomic mass is 10.1. The van der Waals surface area contributed by atoms with Gasteiger partial charge in [-0.25, -0.2) is 9.97 Å². The number of fused-ring (bicyclic) bond motifs is 1. The predicted molar refractivity (Wildman–Crippen MR) is 126 cm³/mol. The van der Waals surface area contributed by atoms with Crippen molar-refractivity contribution < 1.29 is 4.79 Å². The summed E-state index contributed by atoms with van der Waals surface area (Å²) in [7, 11) is 5.73. The van der Waals surface area contributed by atoms with Crippen molar-refractivity contribution in [1.29, 1.82) is 0 Å². The molecule has 3 aromatic heterocycles. The van der Waals surface area contributed by atoms with E-state index in [-0.39, 0.29) is 5.91 Å². The van der Waals surface area contributed by atoms with Crippen LogP contribution in [-0.2, 0) is 0 Å². The summed E-state index contributed by atoms with van der Waals surface area (Å²) in [6, 6.07) is 11.9. The Hall–Kier alpha value is -3.74. The number of hydrogen-bond donors (Lipinski definition) is 0. The van der Waals surface area contributed by atoms with E-state index < -0.39 is 0 Å². The lowest BCUT2D eigenvalue weighted by molar-refractivity contribution is 0.0987. The summed E-state index contributed by atoms with van der Waals surface area (Å²) in [4.78, 5) is 29.6. The topological polar surface area (TPSA) is 66.6 Å². The maximum absolute atomic E-state index is 13.0. The van der Waals surface area contributed by atoms with Gasteiger partial charge in [-0.1, -0.05) is 26.0 Å². The first-order chi connectivity index (χ1) is 14.9. The number of carbonyl (C=O) groups excluding carboxylic acids is 1. The summed E-state index contributed by atoms with van der Waals surface area (Å²) < 4.78 is 1.90. The predicted octanol–water partition coefficient (Wildman–Crippen LogP) is 4.47. The molecule has 1 aromatic carbocycles. The molecule has 0 radical (unpaired) electrons. The van der Waals surface area contributed by atoms with Crippen molar-refractivity contribution in [2.24, 2.45) is 0 Å². The molecule has 0 bridgehead atoms. The number of hydrogen-bond acceptors (Lipinski definition) is 5. The quantitative estimate of drug-likeness (QED) is 0.491. The maximum Gasteiger partial charge on any atom is 0.278 e. The molecule has 7 heteroatoms. The van der Waals surface area contributed by atoms with Gasteiger partial charge in [0, 0.05) is 44.3 Å². The van der Waals surface area contributed by atoms with Crippen LogP contribution in [0.1, 0.15) is 30.0 Å². The third-order valence-electron chi connectivity index (χ3n) is 4.86. The number of anilines is 2. The van der Waals surface area contributed by atoms with Crippen molar-refractivity contribution >= 4 is 22.9 Å². The first-order valence-electron chi connectivity index (χ1n) is 10.3. The number of aromatic nitrogens is 4. The van der Waals surface area contributed by atoms with Crippen molar-refractivity contribution in [2.45, 2.75) is 20.8 Å². The molecular formula is C24H28N6O. The Bertz CT molecular complexity index is 1180. The molecule has 0 atom stereocenters. The molecule has 3 heterocycles. The van der Waals surface area contributed by atoms with Crippen molar-refractivity contribution in [3.63, 3.8) is 0 Å². The van der Waals surface area contributed by atoms with Gasteiger partial charge in [0.2, 0.25) is 0 Å². The summed E-state index contributed by atoms with van der Waals surface area (Å²) >= 11 is 0. The van der Waals surface area contributed by atoms with E-state index in [9.17, 15) is 4.79 Å². The van der Waals surface area contributed by atoms with Crippen molar-refractivity contribution in [3.8, 4) is 11.3 Å². The first kappa shape index (κ1) is 22.0. The molecule has 0 aliphatic heterocycles. The van der Waals surface area contributed by atoms with Gasteiger partial charge in [0.05, 0.1) is 30.0 Å². The Morgan fingerprint density at radius 2 is 1.68 bits per heavy atom. The van der Waals surface area contributed by atoms with Crippen LogP contribution < -0.4 is 9.80 Å². The van der Waals surface area contributed by atoms with E-state index in [0.717, 1.165) is 22.6 Å². The number of aryl methyl sites for hydroxylation is 1. The fraction of sp³-hybridized carbons (Fsp3) is 0.250. The largest absolute Gasteiger partial charge is 0.378 e. The molecular weight excluding hydrogens is 388 g/mol. The highest BCUT2D eigenvalue weighted by Crippen LogP contribution is 2.25. The second kappa shape index (κ2) is 9.38. The Labute approximate surface area is 183 Å². The SMILES string of the molecule is CC.Cc1ccc(N(C)C(=O)c2cn3c(-c4cccc(N(C)C)c4)cnc3cn2)cn1. The molecule has 0 spiro atoms. The van der Waals surface area contributed by atoms with Gasteiger partial charge in [-0.15, -0.1) is 0 Å². The second-order valence-electron chi connectivity index (χ2n) is 7.11. The van der Waals surface area contributed by atoms with Gasteiger partial charge < -0.3 is 9.80 Å². The van der Waals surface area contributed by atoms with Crippen LogP contribution in [0.3, 0.4) is 0 Å². The summed E-state index contributed by atoms with van der Waals surface area (Å²) in [6.45, 7) is 5.91. The van der Waals surface area contributed by atoms with Crippen LogP contribution in [0.2, 0.25) is 0 Å². The third-order valence-corrected chi connectivity index (χ3v) is 4.86. The normalized spacial score (nSPS) is 10.4. The van der Waals surface area contributed by atoms with Crippen LogP contribution in [0.25, 0.3) is 16.9 Å². The van der Waals surface area contributed by atoms with Gasteiger partial charge in [-0.2, -0.15) is 0 Å². The lowest BCUT2D eigenvalue weighted by Gasteiger charge is -2.17. The number of pyridine rings is 1. The van der Waals surface area contributed by atoms with Crippen LogP contribution in [0, 0.1) is 6.92 Å². The minimum Gasteiger partial charge on any atom is -0.378 e. The highest BCUT2D eigenvalue weighted by atomic mass is 16.2. The van der Waals surface area contributed by atoms with Gasteiger partial charge in [0.15, 0.2) is 5.65 Å². The van der Waals surface area contributed by atoms with Gasteiger partial charge in [0.25, 0.3) is 5.91 Å². The van der Waals surface area contributed by atoms with Crippen LogP contribution in [0.4, 0.5) is 11.4 Å². The van der Waals surface area contributed by atoms with E-state index in [0.29, 0.717) is 17.0 Å². The van der Waals surface area contributed by atoms with E-state index in [1.807, 2.05) is 74.5 Å². The molecule has 160 valence electrons. The Morgan fingerprint density at radius 1 is 0.903 bits per heavy atom. The summed E-state index contributed by atoms with van der Waals surface area (Å²) in [5.74, 6) is -0.209. The molecule has 1 amide bonds. The second-order valence-corrected chi connectivity index (χ2v) is 7.11. The van der Waals surface area contributed by atoms with Crippen molar-refractivity contribution in [1.82, 2.24) is 19.4 Å². The van der Waals surface area contributed by atoms with Gasteiger partial charge in [-0.3, -0.25) is 14.2 Å². The lowest BCUT2D eigenvalue weighted by Crippen LogP contribution is -2.27. The van der Waals surface area contributed by atoms with Gasteiger partial charge in [0.1, 0.15) is 5.69 Å². The Kier molecular flexibility index (Phi) is 6.65. The number of imidazole rings is 1. The van der Waals surface area contributed by atoms with E-state index in [2.05, 4.69) is 21.0 Å². The molecule has 0 saturated carbocycles. The van der Waals surface area contributed by atoms with Crippen molar-refractivity contribution in [2.75, 3.05) is 30.9 Å². The zero-order valence-corrected chi connectivity index (χ0v) is 18.9. The molecule has 0 N–H and O–H groups in total.